The van der Waals surface area contributed by atoms with Crippen molar-refractivity contribution in [3.63, 3.8) is 0 Å². The predicted octanol–water partition coefficient (Wildman–Crippen LogP) is 2.02. The molecule has 0 fully saturated rings. The molecular formula is C11H20N2O. The van der Waals surface area contributed by atoms with E-state index in [1.54, 1.807) is 6.20 Å². The van der Waals surface area contributed by atoms with Crippen LogP contribution >= 0.6 is 0 Å². The van der Waals surface area contributed by atoms with Crippen molar-refractivity contribution in [3.05, 3.63) is 17.5 Å². The summed E-state index contributed by atoms with van der Waals surface area (Å²) in [5.41, 5.74) is 1.59. The number of nitrogens with zero attached hydrogens (tertiary/aromatic N) is 1. The highest BCUT2D eigenvalue weighted by Gasteiger charge is 2.23. The van der Waals surface area contributed by atoms with Gasteiger partial charge in [0.05, 0.1) is 11.8 Å². The molecule has 1 rings (SSSR count). The molecule has 0 aromatic carbocycles. The van der Waals surface area contributed by atoms with Crippen molar-refractivity contribution in [2.45, 2.75) is 52.1 Å². The summed E-state index contributed by atoms with van der Waals surface area (Å²) in [6.45, 7) is 10.0. The van der Waals surface area contributed by atoms with Gasteiger partial charge in [0.15, 0.2) is 0 Å². The van der Waals surface area contributed by atoms with Crippen molar-refractivity contribution < 1.29 is 5.11 Å². The fraction of sp³-hybridized carbons (Fsp3) is 0.727. The third-order valence-electron chi connectivity index (χ3n) is 2.09. The average Bonchev–Trinajstić information content (AvgIpc) is 2.29. The molecule has 14 heavy (non-hydrogen) atoms. The van der Waals surface area contributed by atoms with E-state index in [2.05, 4.69) is 31.0 Å². The van der Waals surface area contributed by atoms with Gasteiger partial charge in [-0.05, 0) is 19.4 Å². The first-order valence-corrected chi connectivity index (χ1v) is 4.95. The molecule has 0 aliphatic carbocycles. The first-order chi connectivity index (χ1) is 6.20. The molecule has 1 heterocycles. The maximum absolute atomic E-state index is 9.74. The van der Waals surface area contributed by atoms with Gasteiger partial charge in [0.2, 0.25) is 0 Å². The van der Waals surface area contributed by atoms with E-state index in [-0.39, 0.29) is 5.41 Å². The molecule has 0 atom stereocenters. The number of hydrogen-bond acceptors (Lipinski definition) is 2. The lowest BCUT2D eigenvalue weighted by molar-refractivity contribution is 0.0806. The van der Waals surface area contributed by atoms with Crippen LogP contribution in [0.15, 0.2) is 6.20 Å². The Labute approximate surface area is 85.5 Å². The lowest BCUT2D eigenvalue weighted by Gasteiger charge is -2.22. The van der Waals surface area contributed by atoms with Crippen molar-refractivity contribution in [1.82, 2.24) is 10.2 Å². The molecule has 0 aliphatic rings. The van der Waals surface area contributed by atoms with Gasteiger partial charge in [0.25, 0.3) is 0 Å². The summed E-state index contributed by atoms with van der Waals surface area (Å²) in [5.74, 6) is 0. The van der Waals surface area contributed by atoms with Crippen LogP contribution < -0.4 is 0 Å². The first kappa shape index (κ1) is 11.2. The number of nitrogens with one attached hydrogen (secondary N) is 1. The molecule has 3 heteroatoms. The summed E-state index contributed by atoms with van der Waals surface area (Å²) in [4.78, 5) is 0. The SMILES string of the molecule is CC(C)(O)Cc1cn[nH]c1C(C)(C)C. The van der Waals surface area contributed by atoms with Crippen molar-refractivity contribution in [2.75, 3.05) is 0 Å². The van der Waals surface area contributed by atoms with Crippen molar-refractivity contribution >= 4 is 0 Å². The van der Waals surface area contributed by atoms with Crippen LogP contribution in [0, 0.1) is 0 Å². The number of aliphatic hydroxyl groups is 1. The zero-order valence-electron chi connectivity index (χ0n) is 9.68. The summed E-state index contributed by atoms with van der Waals surface area (Å²) in [7, 11) is 0. The molecule has 0 unspecified atom stereocenters. The van der Waals surface area contributed by atoms with E-state index in [1.165, 1.54) is 0 Å². The molecule has 1 aromatic rings. The van der Waals surface area contributed by atoms with E-state index in [0.717, 1.165) is 11.3 Å². The molecule has 0 amide bonds. The van der Waals surface area contributed by atoms with Gasteiger partial charge in [-0.1, -0.05) is 20.8 Å². The van der Waals surface area contributed by atoms with E-state index < -0.39 is 5.60 Å². The maximum atomic E-state index is 9.74. The van der Waals surface area contributed by atoms with E-state index in [9.17, 15) is 5.11 Å². The minimum Gasteiger partial charge on any atom is -0.390 e. The van der Waals surface area contributed by atoms with Gasteiger partial charge in [-0.25, -0.2) is 0 Å². The van der Waals surface area contributed by atoms with Crippen LogP contribution in [-0.2, 0) is 11.8 Å². The molecule has 0 radical (unpaired) electrons. The lowest BCUT2D eigenvalue weighted by Crippen LogP contribution is -2.24. The number of aromatic amines is 1. The van der Waals surface area contributed by atoms with Gasteiger partial charge in [-0.15, -0.1) is 0 Å². The van der Waals surface area contributed by atoms with Crippen molar-refractivity contribution in [1.29, 1.82) is 0 Å². The Morgan fingerprint density at radius 2 is 1.86 bits per heavy atom. The first-order valence-electron chi connectivity index (χ1n) is 4.95. The van der Waals surface area contributed by atoms with E-state index in [1.807, 2.05) is 13.8 Å². The summed E-state index contributed by atoms with van der Waals surface area (Å²) in [6, 6.07) is 0. The number of aromatic nitrogens is 2. The fourth-order valence-corrected chi connectivity index (χ4v) is 1.56. The molecule has 2 N–H and O–H groups in total. The van der Waals surface area contributed by atoms with Gasteiger partial charge in [-0.3, -0.25) is 5.10 Å². The Balaban J connectivity index is 2.95. The topological polar surface area (TPSA) is 48.9 Å². The highest BCUT2D eigenvalue weighted by atomic mass is 16.3. The minimum absolute atomic E-state index is 0.0527. The van der Waals surface area contributed by atoms with Gasteiger partial charge >= 0.3 is 0 Å². The fourth-order valence-electron chi connectivity index (χ4n) is 1.56. The van der Waals surface area contributed by atoms with Crippen LogP contribution in [0.3, 0.4) is 0 Å². The van der Waals surface area contributed by atoms with E-state index in [4.69, 9.17) is 0 Å². The highest BCUT2D eigenvalue weighted by molar-refractivity contribution is 5.24. The lowest BCUT2D eigenvalue weighted by atomic mass is 9.86. The highest BCUT2D eigenvalue weighted by Crippen LogP contribution is 2.25. The predicted molar refractivity (Wildman–Crippen MR) is 57.3 cm³/mol. The Morgan fingerprint density at radius 1 is 1.29 bits per heavy atom. The molecule has 1 aromatic heterocycles. The summed E-state index contributed by atoms with van der Waals surface area (Å²) >= 11 is 0. The number of hydrogen-bond donors (Lipinski definition) is 2. The standard InChI is InChI=1S/C11H20N2O/c1-10(2,3)9-8(7-12-13-9)6-11(4,5)14/h7,14H,6H2,1-5H3,(H,12,13). The van der Waals surface area contributed by atoms with Gasteiger partial charge < -0.3 is 5.11 Å². The zero-order valence-corrected chi connectivity index (χ0v) is 9.68. The third-order valence-corrected chi connectivity index (χ3v) is 2.09. The summed E-state index contributed by atoms with van der Waals surface area (Å²) in [6.07, 6.45) is 2.44. The number of H-pyrrole nitrogens is 1. The number of rotatable bonds is 2. The summed E-state index contributed by atoms with van der Waals surface area (Å²) < 4.78 is 0. The average molecular weight is 196 g/mol. The van der Waals surface area contributed by atoms with Gasteiger partial charge in [-0.2, -0.15) is 5.10 Å². The Bertz CT molecular complexity index is 302. The zero-order chi connectivity index (χ0) is 11.0. The van der Waals surface area contributed by atoms with Crippen LogP contribution in [0.5, 0.6) is 0 Å². The van der Waals surface area contributed by atoms with Crippen molar-refractivity contribution in [3.8, 4) is 0 Å². The minimum atomic E-state index is -0.677. The molecular weight excluding hydrogens is 176 g/mol. The Morgan fingerprint density at radius 3 is 2.29 bits per heavy atom. The molecule has 0 aliphatic heterocycles. The quantitative estimate of drug-likeness (QED) is 0.760. The van der Waals surface area contributed by atoms with Gasteiger partial charge in [0.1, 0.15) is 0 Å². The van der Waals surface area contributed by atoms with Gasteiger partial charge in [0, 0.05) is 17.5 Å². The Hall–Kier alpha value is -0.830. The molecule has 3 nitrogen and oxygen atoms in total. The molecule has 0 bridgehead atoms. The molecule has 0 saturated carbocycles. The van der Waals surface area contributed by atoms with Crippen LogP contribution in [0.2, 0.25) is 0 Å². The smallest absolute Gasteiger partial charge is 0.0633 e. The second-order valence-electron chi connectivity index (χ2n) is 5.51. The molecule has 0 spiro atoms. The maximum Gasteiger partial charge on any atom is 0.0633 e. The summed E-state index contributed by atoms with van der Waals surface area (Å²) in [5, 5.41) is 16.8. The van der Waals surface area contributed by atoms with E-state index >= 15 is 0 Å². The molecule has 80 valence electrons. The van der Waals surface area contributed by atoms with Crippen LogP contribution in [-0.4, -0.2) is 20.9 Å². The van der Waals surface area contributed by atoms with Crippen LogP contribution in [0.1, 0.15) is 45.9 Å². The van der Waals surface area contributed by atoms with Crippen LogP contribution in [0.25, 0.3) is 0 Å². The largest absolute Gasteiger partial charge is 0.390 e. The monoisotopic (exact) mass is 196 g/mol. The second-order valence-corrected chi connectivity index (χ2v) is 5.51. The van der Waals surface area contributed by atoms with Crippen molar-refractivity contribution in [2.24, 2.45) is 0 Å². The third kappa shape index (κ3) is 2.84. The Kier molecular flexibility index (Phi) is 2.72. The van der Waals surface area contributed by atoms with Crippen LogP contribution in [0.4, 0.5) is 0 Å². The normalized spacial score (nSPS) is 13.3. The van der Waals surface area contributed by atoms with E-state index in [0.29, 0.717) is 6.42 Å². The second kappa shape index (κ2) is 3.39. The molecule has 0 saturated heterocycles.